The molecule has 2 aromatic carbocycles. The van der Waals surface area contributed by atoms with Crippen molar-refractivity contribution in [1.29, 1.82) is 0 Å². The minimum atomic E-state index is 0.532. The lowest BCUT2D eigenvalue weighted by atomic mass is 9.85. The fraction of sp³-hybridized carbons (Fsp3) is 0.538. The molecule has 1 atom stereocenters. The van der Waals surface area contributed by atoms with Crippen LogP contribution in [0.4, 0.5) is 0 Å². The molecule has 0 spiro atoms. The second kappa shape index (κ2) is 18.9. The van der Waals surface area contributed by atoms with Gasteiger partial charge in [0.15, 0.2) is 0 Å². The topological polar surface area (TPSA) is 0 Å². The molecule has 0 saturated heterocycles. The van der Waals surface area contributed by atoms with Crippen LogP contribution in [0.15, 0.2) is 60.7 Å². The van der Waals surface area contributed by atoms with E-state index in [2.05, 4.69) is 104 Å². The minimum absolute atomic E-state index is 0.532. The number of hydrogen-bond donors (Lipinski definition) is 0. The highest BCUT2D eigenvalue weighted by Crippen LogP contribution is 2.38. The highest BCUT2D eigenvalue weighted by Gasteiger charge is 2.21. The molecule has 0 bridgehead atoms. The molecule has 0 heteroatoms. The quantitative estimate of drug-likeness (QED) is 0.319. The molecule has 4 rings (SSSR count). The van der Waals surface area contributed by atoms with Crippen LogP contribution in [0.1, 0.15) is 147 Å². The predicted octanol–water partition coefficient (Wildman–Crippen LogP) is 12.6. The molecule has 0 unspecified atom stereocenters. The lowest BCUT2D eigenvalue weighted by molar-refractivity contribution is 0.609. The second-order valence-electron chi connectivity index (χ2n) is 11.7. The summed E-state index contributed by atoms with van der Waals surface area (Å²) in [7, 11) is 0. The Balaban J connectivity index is 0.000000748. The van der Waals surface area contributed by atoms with Crippen LogP contribution in [0, 0.1) is 5.92 Å². The number of rotatable bonds is 8. The van der Waals surface area contributed by atoms with Crippen molar-refractivity contribution < 1.29 is 0 Å². The Morgan fingerprint density at radius 1 is 0.821 bits per heavy atom. The molecular formula is C39H60. The van der Waals surface area contributed by atoms with Crippen LogP contribution >= 0.6 is 0 Å². The molecule has 216 valence electrons. The molecule has 0 nitrogen and oxygen atoms in total. The van der Waals surface area contributed by atoms with Crippen molar-refractivity contribution in [3.63, 3.8) is 0 Å². The number of fused-ring (bicyclic) bond motifs is 2. The van der Waals surface area contributed by atoms with E-state index in [1.807, 2.05) is 13.8 Å². The number of hydrogen-bond acceptors (Lipinski definition) is 0. The molecule has 2 aliphatic carbocycles. The van der Waals surface area contributed by atoms with Gasteiger partial charge in [0.2, 0.25) is 0 Å². The van der Waals surface area contributed by atoms with Crippen LogP contribution in [0.5, 0.6) is 0 Å². The van der Waals surface area contributed by atoms with E-state index in [4.69, 9.17) is 0 Å². The zero-order valence-corrected chi connectivity index (χ0v) is 27.2. The summed E-state index contributed by atoms with van der Waals surface area (Å²) in [6.45, 7) is 28.0. The van der Waals surface area contributed by atoms with Gasteiger partial charge in [-0.2, -0.15) is 0 Å². The molecule has 2 aliphatic rings. The lowest BCUT2D eigenvalue weighted by Gasteiger charge is -2.20. The molecule has 0 fully saturated rings. The van der Waals surface area contributed by atoms with Gasteiger partial charge in [-0.15, -0.1) is 0 Å². The number of aryl methyl sites for hydroxylation is 2. The maximum Gasteiger partial charge on any atom is -0.00170 e. The Labute approximate surface area is 243 Å². The van der Waals surface area contributed by atoms with E-state index in [0.717, 1.165) is 25.2 Å². The van der Waals surface area contributed by atoms with Crippen molar-refractivity contribution in [2.45, 2.75) is 132 Å². The third-order valence-corrected chi connectivity index (χ3v) is 7.09. The molecule has 0 amide bonds. The first kappa shape index (κ1) is 34.7. The van der Waals surface area contributed by atoms with E-state index < -0.39 is 0 Å². The van der Waals surface area contributed by atoms with Gasteiger partial charge >= 0.3 is 0 Å². The monoisotopic (exact) mass is 528 g/mol. The SMILES string of the molecule is C=C(C[C@H](CCC)c1cccc(C(=C)CC)c1)C1=Cc2cc3c(cc2C1)CCCC3.CC.CC(C)C.CCC. The Morgan fingerprint density at radius 2 is 1.41 bits per heavy atom. The van der Waals surface area contributed by atoms with Gasteiger partial charge in [0, 0.05) is 0 Å². The Hall–Kier alpha value is -2.34. The standard InChI is InChI=1S/C30H36.C4H10.C3H8.C2H6/c1-5-10-24(27-14-9-13-23(16-27)21(3)6-2)15-22(4)28-19-29-17-25-11-7-8-12-26(25)18-30(29)20-28;1-4(2)3;1-3-2;1-2/h9,13-14,16-19,24H,3-8,10-12,15,20H2,1-2H3;4H,1-3H3;3H2,1-2H3;1-2H3/t24-;;;/m0.../s1. The lowest BCUT2D eigenvalue weighted by Crippen LogP contribution is -2.04. The first-order chi connectivity index (χ1) is 18.7. The van der Waals surface area contributed by atoms with Crippen LogP contribution in [-0.4, -0.2) is 0 Å². The summed E-state index contributed by atoms with van der Waals surface area (Å²) < 4.78 is 0. The van der Waals surface area contributed by atoms with E-state index in [-0.39, 0.29) is 0 Å². The first-order valence-corrected chi connectivity index (χ1v) is 16.0. The van der Waals surface area contributed by atoms with Crippen molar-refractivity contribution in [3.8, 4) is 0 Å². The maximum absolute atomic E-state index is 4.55. The van der Waals surface area contributed by atoms with Gasteiger partial charge in [0.25, 0.3) is 0 Å². The number of allylic oxidation sites excluding steroid dienone is 3. The van der Waals surface area contributed by atoms with E-state index in [0.29, 0.717) is 5.92 Å². The zero-order chi connectivity index (χ0) is 29.4. The molecule has 2 aromatic rings. The van der Waals surface area contributed by atoms with Gasteiger partial charge < -0.3 is 0 Å². The Morgan fingerprint density at radius 3 is 1.97 bits per heavy atom. The molecule has 0 radical (unpaired) electrons. The molecule has 0 N–H and O–H groups in total. The van der Waals surface area contributed by atoms with E-state index >= 15 is 0 Å². The Kier molecular flexibility index (Phi) is 16.8. The second-order valence-corrected chi connectivity index (χ2v) is 11.7. The summed E-state index contributed by atoms with van der Waals surface area (Å²) in [5.74, 6) is 1.37. The van der Waals surface area contributed by atoms with Crippen LogP contribution in [0.2, 0.25) is 0 Å². The van der Waals surface area contributed by atoms with Gasteiger partial charge in [0.05, 0.1) is 0 Å². The number of benzene rings is 2. The van der Waals surface area contributed by atoms with E-state index in [1.165, 1.54) is 83.9 Å². The third kappa shape index (κ3) is 11.4. The summed E-state index contributed by atoms with van der Waals surface area (Å²) in [5, 5.41) is 0. The fourth-order valence-corrected chi connectivity index (χ4v) is 5.19. The smallest absolute Gasteiger partial charge is 0.00170 e. The Bertz CT molecular complexity index is 1040. The molecule has 0 aliphatic heterocycles. The van der Waals surface area contributed by atoms with Gasteiger partial charge in [-0.1, -0.05) is 136 Å². The van der Waals surface area contributed by atoms with Crippen LogP contribution in [0.3, 0.4) is 0 Å². The van der Waals surface area contributed by atoms with Gasteiger partial charge in [-0.3, -0.25) is 0 Å². The average Bonchev–Trinajstić information content (AvgIpc) is 3.35. The van der Waals surface area contributed by atoms with Gasteiger partial charge in [-0.25, -0.2) is 0 Å². The van der Waals surface area contributed by atoms with Crippen molar-refractivity contribution in [1.82, 2.24) is 0 Å². The average molecular weight is 529 g/mol. The van der Waals surface area contributed by atoms with Crippen molar-refractivity contribution in [2.24, 2.45) is 5.92 Å². The summed E-state index contributed by atoms with van der Waals surface area (Å²) >= 11 is 0. The van der Waals surface area contributed by atoms with Gasteiger partial charge in [-0.05, 0) is 108 Å². The normalized spacial score (nSPS) is 13.7. The summed E-state index contributed by atoms with van der Waals surface area (Å²) in [5.41, 5.74) is 12.9. The molecule has 0 saturated carbocycles. The largest absolute Gasteiger partial charge is 0.0955 e. The predicted molar refractivity (Wildman–Crippen MR) is 180 cm³/mol. The fourth-order valence-electron chi connectivity index (χ4n) is 5.19. The summed E-state index contributed by atoms with van der Waals surface area (Å²) in [6, 6.07) is 14.0. The molecule has 0 aromatic heterocycles. The van der Waals surface area contributed by atoms with Crippen LogP contribution in [-0.2, 0) is 19.3 Å². The van der Waals surface area contributed by atoms with Crippen molar-refractivity contribution >= 4 is 11.6 Å². The third-order valence-electron chi connectivity index (χ3n) is 7.09. The molecular weight excluding hydrogens is 468 g/mol. The highest BCUT2D eigenvalue weighted by atomic mass is 14.3. The minimum Gasteiger partial charge on any atom is -0.0955 e. The van der Waals surface area contributed by atoms with Crippen molar-refractivity contribution in [3.05, 3.63) is 94.1 Å². The van der Waals surface area contributed by atoms with Crippen LogP contribution < -0.4 is 0 Å². The van der Waals surface area contributed by atoms with E-state index in [1.54, 1.807) is 11.1 Å². The molecule has 0 heterocycles. The molecule has 39 heavy (non-hydrogen) atoms. The highest BCUT2D eigenvalue weighted by molar-refractivity contribution is 5.70. The summed E-state index contributed by atoms with van der Waals surface area (Å²) in [4.78, 5) is 0. The maximum atomic E-state index is 4.55. The first-order valence-electron chi connectivity index (χ1n) is 16.0. The van der Waals surface area contributed by atoms with Gasteiger partial charge in [0.1, 0.15) is 0 Å². The van der Waals surface area contributed by atoms with E-state index in [9.17, 15) is 0 Å². The summed E-state index contributed by atoms with van der Waals surface area (Å²) in [6.07, 6.45) is 14.4. The van der Waals surface area contributed by atoms with Crippen molar-refractivity contribution in [2.75, 3.05) is 0 Å². The van der Waals surface area contributed by atoms with Crippen LogP contribution in [0.25, 0.3) is 11.6 Å². The zero-order valence-electron chi connectivity index (χ0n) is 27.2.